The smallest absolute Gasteiger partial charge is 0.322 e. The van der Waals surface area contributed by atoms with E-state index in [2.05, 4.69) is 42.0 Å². The monoisotopic (exact) mass is 438 g/mol. The Bertz CT molecular complexity index is 1020. The molecule has 8 heteroatoms. The van der Waals surface area contributed by atoms with Crippen molar-refractivity contribution in [1.29, 1.82) is 0 Å². The Kier molecular flexibility index (Phi) is 5.99. The molecule has 1 saturated heterocycles. The van der Waals surface area contributed by atoms with Crippen LogP contribution in [0.2, 0.25) is 0 Å². The minimum Gasteiger partial charge on any atom is -0.322 e. The maximum absolute atomic E-state index is 12.8. The third-order valence-corrected chi connectivity index (χ3v) is 6.51. The molecular weight excluding hydrogens is 404 g/mol. The van der Waals surface area contributed by atoms with Crippen LogP contribution in [0.1, 0.15) is 69.6 Å². The first-order valence-corrected chi connectivity index (χ1v) is 11.4. The van der Waals surface area contributed by atoms with Gasteiger partial charge in [0.05, 0.1) is 11.6 Å². The van der Waals surface area contributed by atoms with Gasteiger partial charge in [-0.05, 0) is 49.9 Å². The molecule has 0 bridgehead atoms. The maximum atomic E-state index is 12.8. The number of fused-ring (bicyclic) bond motifs is 1. The Labute approximate surface area is 189 Å². The molecule has 3 amide bonds. The third kappa shape index (κ3) is 4.65. The van der Waals surface area contributed by atoms with Gasteiger partial charge in [-0.2, -0.15) is 5.10 Å². The highest BCUT2D eigenvalue weighted by Gasteiger charge is 2.39. The Morgan fingerprint density at radius 2 is 1.84 bits per heavy atom. The van der Waals surface area contributed by atoms with E-state index in [1.54, 1.807) is 4.68 Å². The fraction of sp³-hybridized carbons (Fsp3) is 0.542. The number of amides is 3. The van der Waals surface area contributed by atoms with Crippen LogP contribution in [0.15, 0.2) is 24.3 Å². The molecule has 8 nitrogen and oxygen atoms in total. The summed E-state index contributed by atoms with van der Waals surface area (Å²) < 4.78 is 1.68. The van der Waals surface area contributed by atoms with Crippen LogP contribution in [0, 0.1) is 19.8 Å². The van der Waals surface area contributed by atoms with Crippen LogP contribution in [-0.4, -0.2) is 27.8 Å². The summed E-state index contributed by atoms with van der Waals surface area (Å²) in [5, 5.41) is 17.2. The van der Waals surface area contributed by atoms with Gasteiger partial charge in [0.1, 0.15) is 5.82 Å². The zero-order valence-corrected chi connectivity index (χ0v) is 19.6. The minimum atomic E-state index is -0.505. The molecule has 1 aromatic carbocycles. The average Bonchev–Trinajstić information content (AvgIpc) is 3.15. The molecule has 0 radical (unpaired) electrons. The van der Waals surface area contributed by atoms with Gasteiger partial charge in [-0.15, -0.1) is 0 Å². The van der Waals surface area contributed by atoms with E-state index in [0.717, 1.165) is 42.6 Å². The Morgan fingerprint density at radius 3 is 2.56 bits per heavy atom. The van der Waals surface area contributed by atoms with Crippen LogP contribution >= 0.6 is 0 Å². The molecule has 1 aromatic heterocycles. The minimum absolute atomic E-state index is 0.00198. The molecule has 1 aliphatic carbocycles. The molecule has 3 unspecified atom stereocenters. The topological polar surface area (TPSA) is 100 Å². The van der Waals surface area contributed by atoms with Crippen molar-refractivity contribution in [1.82, 2.24) is 20.4 Å². The van der Waals surface area contributed by atoms with E-state index in [1.165, 1.54) is 5.56 Å². The fourth-order valence-electron chi connectivity index (χ4n) is 4.41. The Hall–Kier alpha value is -2.87. The second-order valence-corrected chi connectivity index (χ2v) is 10.1. The lowest BCUT2D eigenvalue weighted by molar-refractivity contribution is -0.132. The van der Waals surface area contributed by atoms with Crippen molar-refractivity contribution in [2.24, 2.45) is 5.92 Å². The number of nitrogens with zero attached hydrogens (tertiary/aromatic N) is 2. The SMILES string of the molecule is Cc1ccc(NC(=O)Nc2cc(C(C)(C)C)nn2C2NC(=O)C3CCCCC3N2)cc1C. The first-order chi connectivity index (χ1) is 15.1. The van der Waals surface area contributed by atoms with E-state index in [1.807, 2.05) is 38.1 Å². The number of carbonyl (C=O) groups excluding carboxylic acids is 2. The van der Waals surface area contributed by atoms with Crippen LogP contribution in [0.25, 0.3) is 0 Å². The number of hydrogen-bond donors (Lipinski definition) is 4. The van der Waals surface area contributed by atoms with Crippen molar-refractivity contribution in [2.45, 2.75) is 78.0 Å². The number of aryl methyl sites for hydroxylation is 2. The van der Waals surface area contributed by atoms with Crippen molar-refractivity contribution < 1.29 is 9.59 Å². The summed E-state index contributed by atoms with van der Waals surface area (Å²) in [6, 6.07) is 7.45. The molecule has 2 aliphatic rings. The number of benzene rings is 1. The zero-order valence-electron chi connectivity index (χ0n) is 19.6. The largest absolute Gasteiger partial charge is 0.324 e. The summed E-state index contributed by atoms with van der Waals surface area (Å²) in [5.41, 5.74) is 3.63. The van der Waals surface area contributed by atoms with Crippen molar-refractivity contribution in [3.8, 4) is 0 Å². The zero-order chi connectivity index (χ0) is 23.0. The van der Waals surface area contributed by atoms with Gasteiger partial charge in [0.2, 0.25) is 5.91 Å². The van der Waals surface area contributed by atoms with Gasteiger partial charge >= 0.3 is 6.03 Å². The summed E-state index contributed by atoms with van der Waals surface area (Å²) in [5.74, 6) is 0.585. The molecule has 3 atom stereocenters. The highest BCUT2D eigenvalue weighted by atomic mass is 16.2. The number of aromatic nitrogens is 2. The molecule has 172 valence electrons. The lowest BCUT2D eigenvalue weighted by Crippen LogP contribution is -2.59. The highest BCUT2D eigenvalue weighted by Crippen LogP contribution is 2.31. The van der Waals surface area contributed by atoms with Crippen molar-refractivity contribution in [2.75, 3.05) is 10.6 Å². The van der Waals surface area contributed by atoms with Gasteiger partial charge in [0.15, 0.2) is 6.29 Å². The van der Waals surface area contributed by atoms with Crippen LogP contribution in [0.5, 0.6) is 0 Å². The Balaban J connectivity index is 1.57. The first kappa shape index (κ1) is 22.3. The van der Waals surface area contributed by atoms with Gasteiger partial charge in [0.25, 0.3) is 0 Å². The number of carbonyl (C=O) groups is 2. The molecule has 0 spiro atoms. The van der Waals surface area contributed by atoms with E-state index in [0.29, 0.717) is 5.82 Å². The summed E-state index contributed by atoms with van der Waals surface area (Å²) >= 11 is 0. The van der Waals surface area contributed by atoms with Gasteiger partial charge in [-0.25, -0.2) is 9.48 Å². The summed E-state index contributed by atoms with van der Waals surface area (Å²) in [7, 11) is 0. The molecule has 4 N–H and O–H groups in total. The number of urea groups is 1. The van der Waals surface area contributed by atoms with Crippen LogP contribution < -0.4 is 21.3 Å². The molecule has 32 heavy (non-hydrogen) atoms. The second kappa shape index (κ2) is 8.58. The van der Waals surface area contributed by atoms with Crippen LogP contribution in [0.3, 0.4) is 0 Å². The molecule has 1 aliphatic heterocycles. The standard InChI is InChI=1S/C24H34N6O2/c1-14-10-11-16(12-15(14)2)25-23(32)27-20-13-19(24(3,4)5)29-30(20)22-26-18-9-7-6-8-17(18)21(31)28-22/h10-13,17-18,22,26H,6-9H2,1-5H3,(H,28,31)(H2,25,27,32). The van der Waals surface area contributed by atoms with E-state index in [9.17, 15) is 9.59 Å². The normalized spacial score (nSPS) is 23.3. The molecule has 4 rings (SSSR count). The molecular formula is C24H34N6O2. The summed E-state index contributed by atoms with van der Waals surface area (Å²) in [6.45, 7) is 10.3. The quantitative estimate of drug-likeness (QED) is 0.578. The average molecular weight is 439 g/mol. The first-order valence-electron chi connectivity index (χ1n) is 11.4. The van der Waals surface area contributed by atoms with Gasteiger partial charge in [-0.3, -0.25) is 15.4 Å². The predicted molar refractivity (Wildman–Crippen MR) is 126 cm³/mol. The predicted octanol–water partition coefficient (Wildman–Crippen LogP) is 4.18. The molecule has 1 saturated carbocycles. The number of nitrogens with one attached hydrogen (secondary N) is 4. The van der Waals surface area contributed by atoms with Crippen LogP contribution in [0.4, 0.5) is 16.3 Å². The highest BCUT2D eigenvalue weighted by molar-refractivity contribution is 5.99. The molecule has 2 fully saturated rings. The van der Waals surface area contributed by atoms with Gasteiger partial charge in [0, 0.05) is 23.2 Å². The van der Waals surface area contributed by atoms with E-state index < -0.39 is 6.29 Å². The van der Waals surface area contributed by atoms with Gasteiger partial charge < -0.3 is 10.6 Å². The van der Waals surface area contributed by atoms with Crippen molar-refractivity contribution in [3.63, 3.8) is 0 Å². The maximum Gasteiger partial charge on any atom is 0.324 e. The number of hydrogen-bond acceptors (Lipinski definition) is 4. The van der Waals surface area contributed by atoms with E-state index in [-0.39, 0.29) is 29.3 Å². The Morgan fingerprint density at radius 1 is 1.09 bits per heavy atom. The number of anilines is 2. The summed E-state index contributed by atoms with van der Waals surface area (Å²) in [6.07, 6.45) is 3.57. The van der Waals surface area contributed by atoms with E-state index >= 15 is 0 Å². The van der Waals surface area contributed by atoms with Crippen LogP contribution in [-0.2, 0) is 10.2 Å². The fourth-order valence-corrected chi connectivity index (χ4v) is 4.41. The third-order valence-electron chi connectivity index (χ3n) is 6.51. The second-order valence-electron chi connectivity index (χ2n) is 10.1. The molecule has 2 aromatic rings. The lowest BCUT2D eigenvalue weighted by Gasteiger charge is -2.40. The van der Waals surface area contributed by atoms with Crippen molar-refractivity contribution in [3.05, 3.63) is 41.1 Å². The van der Waals surface area contributed by atoms with Crippen molar-refractivity contribution >= 4 is 23.4 Å². The van der Waals surface area contributed by atoms with E-state index in [4.69, 9.17) is 5.10 Å². The van der Waals surface area contributed by atoms with Gasteiger partial charge in [-0.1, -0.05) is 39.7 Å². The lowest BCUT2D eigenvalue weighted by atomic mass is 9.83. The summed E-state index contributed by atoms with van der Waals surface area (Å²) in [4.78, 5) is 25.6. The number of rotatable bonds is 3. The molecule has 2 heterocycles.